The van der Waals surface area contributed by atoms with Crippen LogP contribution in [0.15, 0.2) is 0 Å². The van der Waals surface area contributed by atoms with E-state index in [1.54, 1.807) is 0 Å². The number of amides is 1. The first kappa shape index (κ1) is 24.6. The molecule has 1 saturated carbocycles. The zero-order valence-electron chi connectivity index (χ0n) is 18.1. The first-order valence-corrected chi connectivity index (χ1v) is 10.2. The van der Waals surface area contributed by atoms with Gasteiger partial charge in [-0.1, -0.05) is 12.8 Å². The first-order valence-electron chi connectivity index (χ1n) is 10.2. The number of hydrogen-bond acceptors (Lipinski definition) is 10. The fourth-order valence-corrected chi connectivity index (χ4v) is 3.79. The van der Waals surface area contributed by atoms with Gasteiger partial charge in [0.1, 0.15) is 18.8 Å². The van der Waals surface area contributed by atoms with Gasteiger partial charge in [-0.05, 0) is 12.8 Å². The molecule has 0 aromatic rings. The Labute approximate surface area is 180 Å². The molecule has 1 aliphatic carbocycles. The normalized spacial score (nSPS) is 28.3. The van der Waals surface area contributed by atoms with Crippen molar-refractivity contribution in [1.82, 2.24) is 5.32 Å². The molecule has 0 radical (unpaired) electrons. The van der Waals surface area contributed by atoms with Crippen molar-refractivity contribution >= 4 is 29.8 Å². The summed E-state index contributed by atoms with van der Waals surface area (Å²) in [6, 6.07) is -1.14. The Morgan fingerprint density at radius 1 is 0.806 bits per heavy atom. The highest BCUT2D eigenvalue weighted by Crippen LogP contribution is 2.30. The Kier molecular flexibility index (Phi) is 8.78. The van der Waals surface area contributed by atoms with Crippen LogP contribution in [-0.4, -0.2) is 67.0 Å². The van der Waals surface area contributed by atoms with E-state index < -0.39 is 54.5 Å². The number of carbonyl (C=O) groups excluding carboxylic acids is 5. The number of hydrogen-bond donors (Lipinski definition) is 1. The maximum Gasteiger partial charge on any atom is 0.305 e. The third-order valence-electron chi connectivity index (χ3n) is 5.02. The highest BCUT2D eigenvalue weighted by atomic mass is 16.7. The Balaban J connectivity index is 2.37. The minimum absolute atomic E-state index is 0.234. The fraction of sp³-hybridized carbons (Fsp3) is 0.750. The smallest absolute Gasteiger partial charge is 0.305 e. The topological polar surface area (TPSA) is 144 Å². The summed E-state index contributed by atoms with van der Waals surface area (Å²) in [5.74, 6) is -3.27. The van der Waals surface area contributed by atoms with Crippen LogP contribution in [0.1, 0.15) is 53.4 Å². The maximum atomic E-state index is 12.8. The summed E-state index contributed by atoms with van der Waals surface area (Å²) >= 11 is 0. The Bertz CT molecular complexity index is 702. The molecule has 2 aliphatic rings. The van der Waals surface area contributed by atoms with Gasteiger partial charge in [-0.25, -0.2) is 0 Å². The number of rotatable bonds is 7. The van der Waals surface area contributed by atoms with E-state index >= 15 is 0 Å². The molecule has 2 unspecified atom stereocenters. The summed E-state index contributed by atoms with van der Waals surface area (Å²) in [6.45, 7) is 4.28. The molecule has 0 bridgehead atoms. The van der Waals surface area contributed by atoms with E-state index in [-0.39, 0.29) is 18.4 Å². The molecule has 2 fully saturated rings. The predicted molar refractivity (Wildman–Crippen MR) is 102 cm³/mol. The molecule has 31 heavy (non-hydrogen) atoms. The maximum absolute atomic E-state index is 12.8. The molecule has 0 aromatic carbocycles. The lowest BCUT2D eigenvalue weighted by molar-refractivity contribution is -0.271. The minimum Gasteiger partial charge on any atom is -0.463 e. The van der Waals surface area contributed by atoms with Crippen molar-refractivity contribution in [3.05, 3.63) is 0 Å². The zero-order chi connectivity index (χ0) is 23.1. The quantitative estimate of drug-likeness (QED) is 0.433. The van der Waals surface area contributed by atoms with Crippen LogP contribution in [0.4, 0.5) is 0 Å². The third kappa shape index (κ3) is 7.20. The Morgan fingerprint density at radius 3 is 1.87 bits per heavy atom. The van der Waals surface area contributed by atoms with Gasteiger partial charge in [-0.2, -0.15) is 0 Å². The predicted octanol–water partition coefficient (Wildman–Crippen LogP) is 0.376. The molecule has 1 saturated heterocycles. The lowest BCUT2D eigenvalue weighted by Gasteiger charge is -2.44. The fourth-order valence-electron chi connectivity index (χ4n) is 3.79. The second kappa shape index (κ2) is 11.1. The SMILES string of the molecule is CC(=O)OCC1O[C@H](OC(C)=O)C(NC(=O)C2CCCC2)[C@H](OC(C)=O)[C@@H]1OC(C)=O. The van der Waals surface area contributed by atoms with Crippen LogP contribution < -0.4 is 5.32 Å². The van der Waals surface area contributed by atoms with Crippen molar-refractivity contribution in [3.8, 4) is 0 Å². The zero-order valence-corrected chi connectivity index (χ0v) is 18.1. The van der Waals surface area contributed by atoms with E-state index in [4.69, 9.17) is 23.7 Å². The molecule has 174 valence electrons. The second-order valence-corrected chi connectivity index (χ2v) is 7.62. The van der Waals surface area contributed by atoms with Crippen molar-refractivity contribution in [2.24, 2.45) is 5.92 Å². The Morgan fingerprint density at radius 2 is 1.35 bits per heavy atom. The van der Waals surface area contributed by atoms with Crippen LogP contribution in [0.25, 0.3) is 0 Å². The van der Waals surface area contributed by atoms with Gasteiger partial charge in [0.05, 0.1) is 0 Å². The van der Waals surface area contributed by atoms with Crippen LogP contribution in [0.2, 0.25) is 0 Å². The number of ether oxygens (including phenoxy) is 5. The van der Waals surface area contributed by atoms with Gasteiger partial charge in [-0.3, -0.25) is 24.0 Å². The molecule has 11 nitrogen and oxygen atoms in total. The van der Waals surface area contributed by atoms with E-state index in [0.29, 0.717) is 12.8 Å². The van der Waals surface area contributed by atoms with Crippen LogP contribution in [0.5, 0.6) is 0 Å². The van der Waals surface area contributed by atoms with Gasteiger partial charge >= 0.3 is 23.9 Å². The van der Waals surface area contributed by atoms with E-state index in [9.17, 15) is 24.0 Å². The lowest BCUT2D eigenvalue weighted by Crippen LogP contribution is -2.67. The first-order chi connectivity index (χ1) is 14.6. The van der Waals surface area contributed by atoms with Crippen LogP contribution in [0, 0.1) is 5.92 Å². The van der Waals surface area contributed by atoms with Gasteiger partial charge in [0.2, 0.25) is 12.2 Å². The van der Waals surface area contributed by atoms with Crippen LogP contribution >= 0.6 is 0 Å². The highest BCUT2D eigenvalue weighted by molar-refractivity contribution is 5.79. The van der Waals surface area contributed by atoms with Gasteiger partial charge in [0.25, 0.3) is 0 Å². The molecule has 1 N–H and O–H groups in total. The van der Waals surface area contributed by atoms with Gasteiger partial charge in [0.15, 0.2) is 12.2 Å². The summed E-state index contributed by atoms with van der Waals surface area (Å²) in [7, 11) is 0. The summed E-state index contributed by atoms with van der Waals surface area (Å²) < 4.78 is 26.6. The largest absolute Gasteiger partial charge is 0.463 e. The van der Waals surface area contributed by atoms with Crippen molar-refractivity contribution in [2.75, 3.05) is 6.61 Å². The highest BCUT2D eigenvalue weighted by Gasteiger charge is 2.52. The van der Waals surface area contributed by atoms with E-state index in [1.807, 2.05) is 0 Å². The van der Waals surface area contributed by atoms with E-state index in [0.717, 1.165) is 33.6 Å². The number of nitrogens with one attached hydrogen (secondary N) is 1. The van der Waals surface area contributed by atoms with Crippen LogP contribution in [-0.2, 0) is 47.7 Å². The summed E-state index contributed by atoms with van der Waals surface area (Å²) in [5, 5.41) is 2.74. The van der Waals surface area contributed by atoms with E-state index in [2.05, 4.69) is 5.32 Å². The lowest BCUT2D eigenvalue weighted by atomic mass is 9.95. The van der Waals surface area contributed by atoms with Gasteiger partial charge in [0, 0.05) is 33.6 Å². The van der Waals surface area contributed by atoms with Crippen molar-refractivity contribution in [2.45, 2.75) is 84.0 Å². The third-order valence-corrected chi connectivity index (χ3v) is 5.02. The summed E-state index contributed by atoms with van der Waals surface area (Å²) in [5.41, 5.74) is 0. The monoisotopic (exact) mass is 443 g/mol. The molecule has 1 heterocycles. The summed E-state index contributed by atoms with van der Waals surface area (Å²) in [6.07, 6.45) is -1.69. The molecular weight excluding hydrogens is 414 g/mol. The number of carbonyl (C=O) groups is 5. The molecule has 1 amide bonds. The average molecular weight is 443 g/mol. The molecule has 11 heteroatoms. The molecule has 2 rings (SSSR count). The van der Waals surface area contributed by atoms with Crippen LogP contribution in [0.3, 0.4) is 0 Å². The average Bonchev–Trinajstić information content (AvgIpc) is 3.18. The standard InChI is InChI=1S/C20H29NO10/c1-10(22)27-9-15-17(28-11(2)23)18(29-12(3)24)16(20(31-15)30-13(4)25)21-19(26)14-7-5-6-8-14/h14-18,20H,5-9H2,1-4H3,(H,21,26)/t15?,16?,17-,18+,20+/m1/s1. The van der Waals surface area contributed by atoms with Crippen molar-refractivity contribution in [1.29, 1.82) is 0 Å². The molecule has 0 aromatic heterocycles. The van der Waals surface area contributed by atoms with Gasteiger partial charge < -0.3 is 29.0 Å². The summed E-state index contributed by atoms with van der Waals surface area (Å²) in [4.78, 5) is 59.3. The second-order valence-electron chi connectivity index (χ2n) is 7.62. The molecule has 5 atom stereocenters. The van der Waals surface area contributed by atoms with Gasteiger partial charge in [-0.15, -0.1) is 0 Å². The molecule has 0 spiro atoms. The van der Waals surface area contributed by atoms with Crippen molar-refractivity contribution in [3.63, 3.8) is 0 Å². The molecule has 1 aliphatic heterocycles. The minimum atomic E-state index is -1.36. The van der Waals surface area contributed by atoms with E-state index in [1.165, 1.54) is 6.92 Å². The number of esters is 4. The Hall–Kier alpha value is -2.69. The molecular formula is C20H29NO10. The van der Waals surface area contributed by atoms with Crippen molar-refractivity contribution < 1.29 is 47.7 Å².